The number of aryl methyl sites for hydroxylation is 1. The van der Waals surface area contributed by atoms with Crippen molar-refractivity contribution in [1.29, 1.82) is 0 Å². The summed E-state index contributed by atoms with van der Waals surface area (Å²) in [7, 11) is -1.81. The molecule has 0 heterocycles. The molecule has 0 saturated carbocycles. The van der Waals surface area contributed by atoms with Gasteiger partial charge in [-0.05, 0) is 60.4 Å². The summed E-state index contributed by atoms with van der Waals surface area (Å²) in [6.45, 7) is 2.26. The number of unbranched alkanes of at least 4 members (excludes halogenated alkanes) is 1. The average molecular weight is 445 g/mol. The molecule has 158 valence electrons. The van der Waals surface area contributed by atoms with Crippen LogP contribution in [-0.2, 0) is 12.6 Å². The Bertz CT molecular complexity index is 932. The van der Waals surface area contributed by atoms with Crippen molar-refractivity contribution >= 4 is 23.2 Å². The summed E-state index contributed by atoms with van der Waals surface area (Å²) in [4.78, 5) is 0. The van der Waals surface area contributed by atoms with Crippen molar-refractivity contribution < 1.29 is 12.4 Å². The predicted octanol–water partition coefficient (Wildman–Crippen LogP) is 3.53. The zero-order valence-electron chi connectivity index (χ0n) is 18.1. The van der Waals surface area contributed by atoms with E-state index in [2.05, 4.69) is 122 Å². The lowest BCUT2D eigenvalue weighted by molar-refractivity contribution is -0.00000596. The van der Waals surface area contributed by atoms with E-state index in [-0.39, 0.29) is 12.4 Å². The lowest BCUT2D eigenvalue weighted by Gasteiger charge is -2.28. The summed E-state index contributed by atoms with van der Waals surface area (Å²) in [6, 6.07) is 42.8. The minimum atomic E-state index is -1.81. The second-order valence-corrected chi connectivity index (χ2v) is 11.4. The highest BCUT2D eigenvalue weighted by atomic mass is 35.5. The van der Waals surface area contributed by atoms with Gasteiger partial charge in [0.15, 0.2) is 0 Å². The van der Waals surface area contributed by atoms with Gasteiger partial charge in [0.1, 0.15) is 23.2 Å². The topological polar surface area (TPSA) is 0 Å². The second kappa shape index (κ2) is 11.3. The van der Waals surface area contributed by atoms with E-state index in [9.17, 15) is 0 Å². The molecule has 0 radical (unpaired) electrons. The molecule has 0 spiro atoms. The Hall–Kier alpha value is -2.40. The van der Waals surface area contributed by atoms with Crippen LogP contribution in [0.3, 0.4) is 0 Å². The van der Waals surface area contributed by atoms with Crippen LogP contribution < -0.4 is 28.3 Å². The largest absolute Gasteiger partial charge is 1.00 e. The van der Waals surface area contributed by atoms with Crippen LogP contribution in [0.25, 0.3) is 0 Å². The molecule has 2 heteroatoms. The highest BCUT2D eigenvalue weighted by Gasteiger charge is 2.45. The molecule has 0 atom stereocenters. The lowest BCUT2D eigenvalue weighted by Crippen LogP contribution is -3.00. The molecular formula is C29H30ClP. The maximum Gasteiger partial charge on any atom is 0.116 e. The van der Waals surface area contributed by atoms with Crippen molar-refractivity contribution in [2.75, 3.05) is 0 Å². The summed E-state index contributed by atoms with van der Waals surface area (Å²) in [5.41, 5.74) is 2.86. The normalized spacial score (nSPS) is 11.0. The number of benzene rings is 4. The first-order chi connectivity index (χ1) is 14.8. The van der Waals surface area contributed by atoms with Crippen LogP contribution in [-0.4, -0.2) is 0 Å². The Morgan fingerprint density at radius 2 is 0.903 bits per heavy atom. The smallest absolute Gasteiger partial charge is 0.116 e. The SMILES string of the molecule is CCCCc1ccc(C[P+](c2ccccc2)(c2ccccc2)c2ccccc2)cc1.[Cl-]. The first-order valence-electron chi connectivity index (χ1n) is 11.0. The molecule has 4 aromatic carbocycles. The van der Waals surface area contributed by atoms with Gasteiger partial charge in [-0.1, -0.05) is 92.2 Å². The third kappa shape index (κ3) is 5.27. The first-order valence-corrected chi connectivity index (χ1v) is 12.9. The zero-order valence-corrected chi connectivity index (χ0v) is 19.8. The fraction of sp³-hybridized carbons (Fsp3) is 0.172. The van der Waals surface area contributed by atoms with Crippen LogP contribution in [0.15, 0.2) is 115 Å². The summed E-state index contributed by atoms with van der Waals surface area (Å²) in [5.74, 6) is 0. The molecule has 4 rings (SSSR count). The van der Waals surface area contributed by atoms with Crippen LogP contribution >= 0.6 is 7.26 Å². The van der Waals surface area contributed by atoms with E-state index >= 15 is 0 Å². The number of hydrogen-bond donors (Lipinski definition) is 0. The monoisotopic (exact) mass is 444 g/mol. The van der Waals surface area contributed by atoms with Crippen molar-refractivity contribution in [2.45, 2.75) is 32.3 Å². The Morgan fingerprint density at radius 1 is 0.516 bits per heavy atom. The quantitative estimate of drug-likeness (QED) is 0.365. The molecule has 0 unspecified atom stereocenters. The fourth-order valence-electron chi connectivity index (χ4n) is 4.23. The molecule has 0 aromatic heterocycles. The predicted molar refractivity (Wildman–Crippen MR) is 134 cm³/mol. The molecule has 31 heavy (non-hydrogen) atoms. The fourth-order valence-corrected chi connectivity index (χ4v) is 8.48. The maximum atomic E-state index is 2.36. The molecule has 0 N–H and O–H groups in total. The molecule has 0 amide bonds. The minimum absolute atomic E-state index is 0. The van der Waals surface area contributed by atoms with E-state index in [1.54, 1.807) is 0 Å². The van der Waals surface area contributed by atoms with Gasteiger partial charge < -0.3 is 12.4 Å². The van der Waals surface area contributed by atoms with Crippen LogP contribution in [0, 0.1) is 0 Å². The molecule has 0 aliphatic heterocycles. The van der Waals surface area contributed by atoms with Crippen LogP contribution in [0.1, 0.15) is 30.9 Å². The van der Waals surface area contributed by atoms with Gasteiger partial charge >= 0.3 is 0 Å². The Balaban J connectivity index is 0.00000272. The highest BCUT2D eigenvalue weighted by molar-refractivity contribution is 7.95. The van der Waals surface area contributed by atoms with Crippen LogP contribution in [0.2, 0.25) is 0 Å². The molecular weight excluding hydrogens is 415 g/mol. The molecule has 0 aliphatic rings. The third-order valence-corrected chi connectivity index (χ3v) is 10.2. The summed E-state index contributed by atoms with van der Waals surface area (Å²) in [5, 5.41) is 4.33. The molecule has 0 aliphatic carbocycles. The van der Waals surface area contributed by atoms with Gasteiger partial charge in [-0.15, -0.1) is 0 Å². The van der Waals surface area contributed by atoms with E-state index in [1.165, 1.54) is 46.3 Å². The van der Waals surface area contributed by atoms with Crippen LogP contribution in [0.4, 0.5) is 0 Å². The van der Waals surface area contributed by atoms with E-state index in [0.717, 1.165) is 6.16 Å². The molecule has 0 saturated heterocycles. The van der Waals surface area contributed by atoms with Crippen molar-refractivity contribution in [3.63, 3.8) is 0 Å². The van der Waals surface area contributed by atoms with Crippen molar-refractivity contribution in [2.24, 2.45) is 0 Å². The molecule has 0 nitrogen and oxygen atoms in total. The van der Waals surface area contributed by atoms with Crippen LogP contribution in [0.5, 0.6) is 0 Å². The molecule has 0 fully saturated rings. The number of hydrogen-bond acceptors (Lipinski definition) is 0. The van der Waals surface area contributed by atoms with E-state index in [4.69, 9.17) is 0 Å². The second-order valence-electron chi connectivity index (χ2n) is 7.89. The standard InChI is InChI=1S/C29H30P.ClH/c1-2-3-13-25-20-22-26(23-21-25)24-30(27-14-7-4-8-15-27,28-16-9-5-10-17-28)29-18-11-6-12-19-29;/h4-12,14-23H,2-3,13,24H2,1H3;1H/q+1;/p-1. The van der Waals surface area contributed by atoms with Crippen molar-refractivity contribution in [3.8, 4) is 0 Å². The Labute approximate surface area is 194 Å². The lowest BCUT2D eigenvalue weighted by atomic mass is 10.1. The van der Waals surface area contributed by atoms with E-state index < -0.39 is 7.26 Å². The van der Waals surface area contributed by atoms with Gasteiger partial charge in [0.2, 0.25) is 0 Å². The van der Waals surface area contributed by atoms with Gasteiger partial charge in [-0.2, -0.15) is 0 Å². The van der Waals surface area contributed by atoms with E-state index in [0.29, 0.717) is 0 Å². The average Bonchev–Trinajstić information content (AvgIpc) is 2.84. The zero-order chi connectivity index (χ0) is 20.7. The van der Waals surface area contributed by atoms with Crippen molar-refractivity contribution in [1.82, 2.24) is 0 Å². The highest BCUT2D eigenvalue weighted by Crippen LogP contribution is 2.58. The van der Waals surface area contributed by atoms with E-state index in [1.807, 2.05) is 0 Å². The van der Waals surface area contributed by atoms with Gasteiger partial charge in [0, 0.05) is 0 Å². The summed E-state index contributed by atoms with van der Waals surface area (Å²) in [6.07, 6.45) is 4.72. The Kier molecular flexibility index (Phi) is 8.47. The van der Waals surface area contributed by atoms with Crippen molar-refractivity contribution in [3.05, 3.63) is 126 Å². The van der Waals surface area contributed by atoms with Gasteiger partial charge in [0.05, 0.1) is 6.16 Å². The maximum absolute atomic E-state index is 2.36. The molecule has 0 bridgehead atoms. The third-order valence-electron chi connectivity index (χ3n) is 5.85. The minimum Gasteiger partial charge on any atom is -1.00 e. The Morgan fingerprint density at radius 3 is 1.29 bits per heavy atom. The number of rotatable bonds is 8. The first kappa shape index (κ1) is 23.3. The number of halogens is 1. The van der Waals surface area contributed by atoms with Gasteiger partial charge in [-0.3, -0.25) is 0 Å². The molecule has 4 aromatic rings. The summed E-state index contributed by atoms with van der Waals surface area (Å²) < 4.78 is 0. The van der Waals surface area contributed by atoms with Gasteiger partial charge in [-0.25, -0.2) is 0 Å². The van der Waals surface area contributed by atoms with Gasteiger partial charge in [0.25, 0.3) is 0 Å². The summed E-state index contributed by atoms with van der Waals surface area (Å²) >= 11 is 0.